The summed E-state index contributed by atoms with van der Waals surface area (Å²) in [6.07, 6.45) is 10.8. The Morgan fingerprint density at radius 2 is 1.88 bits per heavy atom. The topological polar surface area (TPSA) is 103 Å². The van der Waals surface area contributed by atoms with E-state index in [1.165, 1.54) is 25.7 Å². The minimum Gasteiger partial charge on any atom is -0.495 e. The van der Waals surface area contributed by atoms with Crippen LogP contribution in [0.3, 0.4) is 0 Å². The number of methoxy groups -OCH3 is 1. The number of aromatic nitrogens is 2. The van der Waals surface area contributed by atoms with Crippen LogP contribution in [0.25, 0.3) is 0 Å². The molecule has 0 atom stereocenters. The maximum absolute atomic E-state index is 13.4. The summed E-state index contributed by atoms with van der Waals surface area (Å²) in [5.74, 6) is 1.83. The molecule has 42 heavy (non-hydrogen) atoms. The lowest BCUT2D eigenvalue weighted by molar-refractivity contribution is -0.122. The quantitative estimate of drug-likeness (QED) is 0.448. The molecule has 10 nitrogen and oxygen atoms in total. The van der Waals surface area contributed by atoms with Crippen molar-refractivity contribution in [2.45, 2.75) is 71.3 Å². The lowest BCUT2D eigenvalue weighted by Gasteiger charge is -2.31. The van der Waals surface area contributed by atoms with Crippen LogP contribution in [-0.4, -0.2) is 79.6 Å². The van der Waals surface area contributed by atoms with E-state index in [4.69, 9.17) is 9.72 Å². The van der Waals surface area contributed by atoms with Crippen LogP contribution in [0.4, 0.5) is 23.1 Å². The molecule has 10 heteroatoms. The molecular formula is C32H45N7O3. The highest BCUT2D eigenvalue weighted by Crippen LogP contribution is 2.52. The number of amides is 2. The van der Waals surface area contributed by atoms with Gasteiger partial charge in [-0.2, -0.15) is 4.98 Å². The smallest absolute Gasteiger partial charge is 0.251 e. The largest absolute Gasteiger partial charge is 0.495 e. The Labute approximate surface area is 249 Å². The van der Waals surface area contributed by atoms with Crippen LogP contribution in [0.1, 0.15) is 75.6 Å². The monoisotopic (exact) mass is 575 g/mol. The third-order valence-electron chi connectivity index (χ3n) is 9.52. The van der Waals surface area contributed by atoms with Gasteiger partial charge in [-0.3, -0.25) is 9.59 Å². The lowest BCUT2D eigenvalue weighted by atomic mass is 9.92. The van der Waals surface area contributed by atoms with E-state index in [-0.39, 0.29) is 22.6 Å². The highest BCUT2D eigenvalue weighted by atomic mass is 16.5. The molecule has 0 radical (unpaired) electrons. The maximum atomic E-state index is 13.4. The van der Waals surface area contributed by atoms with Crippen molar-refractivity contribution in [2.24, 2.45) is 10.8 Å². The summed E-state index contributed by atoms with van der Waals surface area (Å²) in [4.78, 5) is 42.6. The van der Waals surface area contributed by atoms with Gasteiger partial charge >= 0.3 is 0 Å². The molecule has 6 rings (SSSR count). The van der Waals surface area contributed by atoms with Crippen molar-refractivity contribution in [1.29, 1.82) is 0 Å². The van der Waals surface area contributed by atoms with E-state index in [1.54, 1.807) is 30.3 Å². The van der Waals surface area contributed by atoms with E-state index in [1.807, 2.05) is 13.1 Å². The molecule has 0 bridgehead atoms. The third-order valence-corrected chi connectivity index (χ3v) is 9.52. The molecule has 1 aromatic carbocycles. The SMILES string of the molecule is COc1cc(C(=O)NCC(C)(C)CN2CCCC2)ccc1Nc1ncc2c(n1)N(C1CCCC1)CC1(CC1)C(=O)N2C. The molecule has 2 amide bonds. The number of benzene rings is 1. The van der Waals surface area contributed by atoms with Crippen molar-refractivity contribution in [3.05, 3.63) is 30.0 Å². The molecule has 2 aliphatic heterocycles. The highest BCUT2D eigenvalue weighted by molar-refractivity contribution is 6.03. The van der Waals surface area contributed by atoms with Gasteiger partial charge in [-0.15, -0.1) is 0 Å². The van der Waals surface area contributed by atoms with Gasteiger partial charge < -0.3 is 30.1 Å². The van der Waals surface area contributed by atoms with E-state index in [9.17, 15) is 9.59 Å². The summed E-state index contributed by atoms with van der Waals surface area (Å²) in [6, 6.07) is 5.77. The Bertz CT molecular complexity index is 1330. The van der Waals surface area contributed by atoms with E-state index >= 15 is 0 Å². The number of fused-ring (bicyclic) bond motifs is 1. The summed E-state index contributed by atoms with van der Waals surface area (Å²) in [5.41, 5.74) is 1.66. The van der Waals surface area contributed by atoms with Gasteiger partial charge in [0, 0.05) is 38.3 Å². The first-order valence-corrected chi connectivity index (χ1v) is 15.6. The van der Waals surface area contributed by atoms with Gasteiger partial charge in [0.25, 0.3) is 5.91 Å². The number of ether oxygens (including phenoxy) is 1. The van der Waals surface area contributed by atoms with Crippen molar-refractivity contribution >= 4 is 35.0 Å². The van der Waals surface area contributed by atoms with Gasteiger partial charge in [-0.25, -0.2) is 4.98 Å². The molecule has 1 saturated heterocycles. The number of carbonyl (C=O) groups excluding carboxylic acids is 2. The van der Waals surface area contributed by atoms with Crippen LogP contribution >= 0.6 is 0 Å². The van der Waals surface area contributed by atoms with E-state index in [0.29, 0.717) is 42.1 Å². The molecule has 3 fully saturated rings. The molecule has 2 aliphatic carbocycles. The van der Waals surface area contributed by atoms with Gasteiger partial charge in [-0.05, 0) is 75.2 Å². The third kappa shape index (κ3) is 5.78. The molecule has 1 aromatic heterocycles. The fourth-order valence-electron chi connectivity index (χ4n) is 6.93. The molecule has 2 N–H and O–H groups in total. The minimum absolute atomic E-state index is 0.0154. The number of hydrogen-bond acceptors (Lipinski definition) is 8. The molecule has 2 saturated carbocycles. The predicted molar refractivity (Wildman–Crippen MR) is 165 cm³/mol. The fraction of sp³-hybridized carbons (Fsp3) is 0.625. The first kappa shape index (κ1) is 28.7. The Kier molecular flexibility index (Phi) is 7.76. The standard InChI is InChI=1S/C32H45N7O3/c1-31(2,20-38-15-7-8-16-38)19-34-28(40)22-11-12-24(26(17-22)42-4)35-30-33-18-25-27(36-30)39(23-9-5-6-10-23)21-32(13-14-32)29(41)37(25)3/h11-12,17-18,23H,5-10,13-16,19-21H2,1-4H3,(H,34,40)(H,33,35,36). The van der Waals surface area contributed by atoms with Gasteiger partial charge in [-0.1, -0.05) is 26.7 Å². The molecule has 226 valence electrons. The van der Waals surface area contributed by atoms with Gasteiger partial charge in [0.05, 0.1) is 24.4 Å². The average Bonchev–Trinajstić information content (AvgIpc) is 3.33. The Morgan fingerprint density at radius 3 is 2.57 bits per heavy atom. The van der Waals surface area contributed by atoms with E-state index in [0.717, 1.165) is 56.8 Å². The number of rotatable bonds is 9. The van der Waals surface area contributed by atoms with Crippen molar-refractivity contribution < 1.29 is 14.3 Å². The maximum Gasteiger partial charge on any atom is 0.251 e. The Hall–Kier alpha value is -3.40. The fourth-order valence-corrected chi connectivity index (χ4v) is 6.93. The normalized spacial score (nSPS) is 20.5. The first-order chi connectivity index (χ1) is 20.2. The minimum atomic E-state index is -0.297. The summed E-state index contributed by atoms with van der Waals surface area (Å²) >= 11 is 0. The number of likely N-dealkylation sites (tertiary alicyclic amines) is 1. The van der Waals surface area contributed by atoms with Crippen molar-refractivity contribution in [3.63, 3.8) is 0 Å². The number of nitrogens with one attached hydrogen (secondary N) is 2. The zero-order chi connectivity index (χ0) is 29.5. The Balaban J connectivity index is 1.19. The lowest BCUT2D eigenvalue weighted by Crippen LogP contribution is -2.41. The summed E-state index contributed by atoms with van der Waals surface area (Å²) in [6.45, 7) is 8.98. The van der Waals surface area contributed by atoms with Crippen molar-refractivity contribution in [2.75, 3.05) is 62.0 Å². The van der Waals surface area contributed by atoms with E-state index in [2.05, 4.69) is 39.3 Å². The van der Waals surface area contributed by atoms with Crippen LogP contribution in [0.5, 0.6) is 5.75 Å². The second-order valence-electron chi connectivity index (χ2n) is 13.5. The average molecular weight is 576 g/mol. The molecule has 2 aromatic rings. The molecular weight excluding hydrogens is 530 g/mol. The van der Waals surface area contributed by atoms with Crippen LogP contribution in [0.15, 0.2) is 24.4 Å². The summed E-state index contributed by atoms with van der Waals surface area (Å²) in [7, 11) is 3.44. The van der Waals surface area contributed by atoms with Crippen LogP contribution < -0.4 is 25.2 Å². The van der Waals surface area contributed by atoms with Crippen LogP contribution in [-0.2, 0) is 4.79 Å². The molecule has 3 heterocycles. The van der Waals surface area contributed by atoms with Gasteiger partial charge in [0.2, 0.25) is 11.9 Å². The number of carbonyl (C=O) groups is 2. The van der Waals surface area contributed by atoms with Crippen LogP contribution in [0, 0.1) is 10.8 Å². The second-order valence-corrected chi connectivity index (χ2v) is 13.5. The predicted octanol–water partition coefficient (Wildman–Crippen LogP) is 4.59. The summed E-state index contributed by atoms with van der Waals surface area (Å²) in [5, 5.41) is 6.44. The van der Waals surface area contributed by atoms with Gasteiger partial charge in [0.1, 0.15) is 11.4 Å². The highest BCUT2D eigenvalue weighted by Gasteiger charge is 2.55. The number of hydrogen-bond donors (Lipinski definition) is 2. The zero-order valence-corrected chi connectivity index (χ0v) is 25.5. The molecule has 1 spiro atoms. The zero-order valence-electron chi connectivity index (χ0n) is 25.5. The molecule has 0 unspecified atom stereocenters. The summed E-state index contributed by atoms with van der Waals surface area (Å²) < 4.78 is 5.68. The molecule has 4 aliphatic rings. The first-order valence-electron chi connectivity index (χ1n) is 15.6. The second kappa shape index (κ2) is 11.4. The number of nitrogens with zero attached hydrogens (tertiary/aromatic N) is 5. The Morgan fingerprint density at radius 1 is 1.14 bits per heavy atom. The van der Waals surface area contributed by atoms with Crippen LogP contribution in [0.2, 0.25) is 0 Å². The van der Waals surface area contributed by atoms with Gasteiger partial charge in [0.15, 0.2) is 5.82 Å². The van der Waals surface area contributed by atoms with Crippen molar-refractivity contribution in [3.8, 4) is 5.75 Å². The van der Waals surface area contributed by atoms with E-state index < -0.39 is 0 Å². The van der Waals surface area contributed by atoms with Crippen molar-refractivity contribution in [1.82, 2.24) is 20.2 Å². The number of anilines is 4.